The summed E-state index contributed by atoms with van der Waals surface area (Å²) >= 11 is 1.41. The SMILES string of the molecule is CCc1ccc(N=C2SC(=CC=Cc3ccccc3)C(=O)N2c2ccc(CC)cc2)cc1. The lowest BCUT2D eigenvalue weighted by Crippen LogP contribution is -2.28. The minimum Gasteiger partial charge on any atom is -0.268 e. The molecule has 4 heteroatoms. The van der Waals surface area contributed by atoms with Gasteiger partial charge in [-0.3, -0.25) is 9.69 Å². The molecular weight excluding hydrogens is 412 g/mol. The van der Waals surface area contributed by atoms with E-state index in [9.17, 15) is 4.79 Å². The Balaban J connectivity index is 1.67. The molecule has 0 bridgehead atoms. The zero-order valence-corrected chi connectivity index (χ0v) is 19.2. The predicted molar refractivity (Wildman–Crippen MR) is 137 cm³/mol. The Morgan fingerprint density at radius 1 is 0.844 bits per heavy atom. The number of carbonyl (C=O) groups is 1. The third-order valence-electron chi connectivity index (χ3n) is 5.31. The molecule has 1 amide bonds. The zero-order chi connectivity index (χ0) is 22.3. The van der Waals surface area contributed by atoms with Gasteiger partial charge in [-0.05, 0) is 71.6 Å². The average molecular weight is 439 g/mol. The van der Waals surface area contributed by atoms with Crippen molar-refractivity contribution in [3.05, 3.63) is 113 Å². The second-order valence-corrected chi connectivity index (χ2v) is 8.49. The van der Waals surface area contributed by atoms with E-state index in [1.165, 1.54) is 22.9 Å². The Hall–Kier alpha value is -3.37. The van der Waals surface area contributed by atoms with Gasteiger partial charge in [0, 0.05) is 0 Å². The number of aryl methyl sites for hydroxylation is 2. The zero-order valence-electron chi connectivity index (χ0n) is 18.4. The molecule has 3 nitrogen and oxygen atoms in total. The molecule has 160 valence electrons. The fraction of sp³-hybridized carbons (Fsp3) is 0.143. The number of allylic oxidation sites excluding steroid dienone is 2. The van der Waals surface area contributed by atoms with Crippen LogP contribution in [0.25, 0.3) is 6.08 Å². The summed E-state index contributed by atoms with van der Waals surface area (Å²) in [6.45, 7) is 4.26. The summed E-state index contributed by atoms with van der Waals surface area (Å²) in [4.78, 5) is 20.5. The maximum Gasteiger partial charge on any atom is 0.271 e. The first-order chi connectivity index (χ1) is 15.7. The summed E-state index contributed by atoms with van der Waals surface area (Å²) in [5.41, 5.74) is 5.27. The van der Waals surface area contributed by atoms with Gasteiger partial charge >= 0.3 is 0 Å². The number of amides is 1. The minimum absolute atomic E-state index is 0.0547. The summed E-state index contributed by atoms with van der Waals surface area (Å²) in [5, 5.41) is 0.669. The van der Waals surface area contributed by atoms with Crippen molar-refractivity contribution in [3.8, 4) is 0 Å². The van der Waals surface area contributed by atoms with E-state index in [0.29, 0.717) is 10.1 Å². The smallest absolute Gasteiger partial charge is 0.268 e. The van der Waals surface area contributed by atoms with Crippen LogP contribution in [-0.4, -0.2) is 11.1 Å². The van der Waals surface area contributed by atoms with E-state index in [0.717, 1.165) is 29.8 Å². The van der Waals surface area contributed by atoms with E-state index < -0.39 is 0 Å². The van der Waals surface area contributed by atoms with Crippen LogP contribution in [0, 0.1) is 0 Å². The van der Waals surface area contributed by atoms with Gasteiger partial charge < -0.3 is 0 Å². The molecule has 0 aliphatic carbocycles. The van der Waals surface area contributed by atoms with Gasteiger partial charge in [0.05, 0.1) is 16.3 Å². The number of nitrogens with zero attached hydrogens (tertiary/aromatic N) is 2. The van der Waals surface area contributed by atoms with Gasteiger partial charge in [-0.15, -0.1) is 0 Å². The number of carbonyl (C=O) groups excluding carboxylic acids is 1. The van der Waals surface area contributed by atoms with Crippen molar-refractivity contribution in [2.24, 2.45) is 4.99 Å². The average Bonchev–Trinajstić information content (AvgIpc) is 3.15. The topological polar surface area (TPSA) is 32.7 Å². The number of hydrogen-bond acceptors (Lipinski definition) is 3. The Morgan fingerprint density at radius 3 is 2.09 bits per heavy atom. The molecule has 3 aromatic carbocycles. The van der Waals surface area contributed by atoms with E-state index in [-0.39, 0.29) is 5.91 Å². The van der Waals surface area contributed by atoms with Crippen molar-refractivity contribution < 1.29 is 4.79 Å². The molecule has 32 heavy (non-hydrogen) atoms. The third-order valence-corrected chi connectivity index (χ3v) is 6.30. The first-order valence-corrected chi connectivity index (χ1v) is 11.7. The van der Waals surface area contributed by atoms with Crippen molar-refractivity contribution in [1.29, 1.82) is 0 Å². The second-order valence-electron chi connectivity index (χ2n) is 7.48. The molecule has 1 heterocycles. The molecule has 0 unspecified atom stereocenters. The Morgan fingerprint density at radius 2 is 1.47 bits per heavy atom. The fourth-order valence-corrected chi connectivity index (χ4v) is 4.35. The van der Waals surface area contributed by atoms with Gasteiger partial charge in [-0.1, -0.05) is 80.6 Å². The van der Waals surface area contributed by atoms with Crippen LogP contribution in [0.5, 0.6) is 0 Å². The predicted octanol–water partition coefficient (Wildman–Crippen LogP) is 7.18. The largest absolute Gasteiger partial charge is 0.271 e. The van der Waals surface area contributed by atoms with Crippen molar-refractivity contribution in [3.63, 3.8) is 0 Å². The van der Waals surface area contributed by atoms with Crippen LogP contribution >= 0.6 is 11.8 Å². The molecule has 1 aliphatic heterocycles. The molecular formula is C28H26N2OS. The maximum atomic E-state index is 13.3. The van der Waals surface area contributed by atoms with Crippen LogP contribution in [0.3, 0.4) is 0 Å². The molecule has 1 fully saturated rings. The molecule has 0 saturated carbocycles. The Bertz CT molecular complexity index is 1160. The fourth-order valence-electron chi connectivity index (χ4n) is 3.40. The molecule has 1 saturated heterocycles. The monoisotopic (exact) mass is 438 g/mol. The molecule has 3 aromatic rings. The summed E-state index contributed by atoms with van der Waals surface area (Å²) in [6.07, 6.45) is 7.74. The summed E-state index contributed by atoms with van der Waals surface area (Å²) in [6, 6.07) is 26.4. The van der Waals surface area contributed by atoms with E-state index in [1.54, 1.807) is 4.90 Å². The first-order valence-electron chi connectivity index (χ1n) is 10.9. The van der Waals surface area contributed by atoms with Crippen LogP contribution in [0.2, 0.25) is 0 Å². The van der Waals surface area contributed by atoms with Crippen LogP contribution in [0.15, 0.2) is 101 Å². The van der Waals surface area contributed by atoms with Crippen LogP contribution in [0.4, 0.5) is 11.4 Å². The van der Waals surface area contributed by atoms with Gasteiger partial charge in [0.2, 0.25) is 0 Å². The first kappa shape index (κ1) is 21.8. The van der Waals surface area contributed by atoms with Gasteiger partial charge in [0.1, 0.15) is 0 Å². The Kier molecular flexibility index (Phi) is 7.03. The van der Waals surface area contributed by atoms with Gasteiger partial charge in [-0.25, -0.2) is 4.99 Å². The summed E-state index contributed by atoms with van der Waals surface area (Å²) in [5.74, 6) is -0.0547. The van der Waals surface area contributed by atoms with Gasteiger partial charge in [0.25, 0.3) is 5.91 Å². The lowest BCUT2D eigenvalue weighted by molar-refractivity contribution is -0.113. The molecule has 0 aromatic heterocycles. The lowest BCUT2D eigenvalue weighted by Gasteiger charge is -2.16. The Labute approximate surface area is 194 Å². The molecule has 0 spiro atoms. The highest BCUT2D eigenvalue weighted by Crippen LogP contribution is 2.36. The number of rotatable bonds is 6. The quantitative estimate of drug-likeness (QED) is 0.382. The highest BCUT2D eigenvalue weighted by atomic mass is 32.2. The van der Waals surface area contributed by atoms with Crippen molar-refractivity contribution in [2.75, 3.05) is 4.90 Å². The summed E-state index contributed by atoms with van der Waals surface area (Å²) in [7, 11) is 0. The third kappa shape index (κ3) is 5.09. The number of amidine groups is 1. The number of hydrogen-bond donors (Lipinski definition) is 0. The van der Waals surface area contributed by atoms with Gasteiger partial charge in [0.15, 0.2) is 5.17 Å². The number of aliphatic imine (C=N–C) groups is 1. The summed E-state index contributed by atoms with van der Waals surface area (Å²) < 4.78 is 0. The van der Waals surface area contributed by atoms with E-state index in [1.807, 2.05) is 72.8 Å². The second kappa shape index (κ2) is 10.3. The van der Waals surface area contributed by atoms with Crippen molar-refractivity contribution in [2.45, 2.75) is 26.7 Å². The molecule has 1 aliphatic rings. The molecule has 0 N–H and O–H groups in total. The van der Waals surface area contributed by atoms with Crippen LogP contribution < -0.4 is 4.90 Å². The van der Waals surface area contributed by atoms with E-state index in [2.05, 4.69) is 38.1 Å². The number of thioether (sulfide) groups is 1. The van der Waals surface area contributed by atoms with E-state index in [4.69, 9.17) is 4.99 Å². The highest BCUT2D eigenvalue weighted by molar-refractivity contribution is 8.19. The standard InChI is InChI=1S/C28H26N2OS/c1-3-21-13-17-24(18-14-21)29-28-30(25-19-15-22(4-2)16-20-25)27(31)26(32-28)12-8-11-23-9-6-5-7-10-23/h5-20H,3-4H2,1-2H3. The normalized spacial score (nSPS) is 16.6. The van der Waals surface area contributed by atoms with Gasteiger partial charge in [-0.2, -0.15) is 0 Å². The minimum atomic E-state index is -0.0547. The van der Waals surface area contributed by atoms with Crippen LogP contribution in [-0.2, 0) is 17.6 Å². The molecule has 4 rings (SSSR count). The number of benzene rings is 3. The maximum absolute atomic E-state index is 13.3. The number of anilines is 1. The van der Waals surface area contributed by atoms with Crippen molar-refractivity contribution in [1.82, 2.24) is 0 Å². The lowest BCUT2D eigenvalue weighted by atomic mass is 10.1. The molecule has 0 radical (unpaired) electrons. The highest BCUT2D eigenvalue weighted by Gasteiger charge is 2.34. The van der Waals surface area contributed by atoms with Crippen molar-refractivity contribution >= 4 is 40.3 Å². The van der Waals surface area contributed by atoms with Crippen LogP contribution in [0.1, 0.15) is 30.5 Å². The van der Waals surface area contributed by atoms with E-state index >= 15 is 0 Å². The molecule has 0 atom stereocenters.